The first-order valence-electron chi connectivity index (χ1n) is 8.25. The summed E-state index contributed by atoms with van der Waals surface area (Å²) in [4.78, 5) is 11.8. The van der Waals surface area contributed by atoms with Crippen LogP contribution in [0.25, 0.3) is 0 Å². The van der Waals surface area contributed by atoms with Gasteiger partial charge in [-0.25, -0.2) is 0 Å². The van der Waals surface area contributed by atoms with Crippen molar-refractivity contribution in [3.05, 3.63) is 35.9 Å². The molecule has 3 heteroatoms. The molecule has 1 unspecified atom stereocenters. The van der Waals surface area contributed by atoms with E-state index in [1.54, 1.807) is 0 Å². The van der Waals surface area contributed by atoms with E-state index < -0.39 is 0 Å². The van der Waals surface area contributed by atoms with Gasteiger partial charge in [0.2, 0.25) is 5.91 Å². The number of aryl methyl sites for hydroxylation is 1. The van der Waals surface area contributed by atoms with Crippen LogP contribution in [-0.2, 0) is 16.0 Å². The van der Waals surface area contributed by atoms with E-state index >= 15 is 0 Å². The van der Waals surface area contributed by atoms with Crippen LogP contribution in [0.3, 0.4) is 0 Å². The maximum Gasteiger partial charge on any atom is 0.220 e. The number of hydrogen-bond donors (Lipinski definition) is 1. The van der Waals surface area contributed by atoms with E-state index in [-0.39, 0.29) is 12.0 Å². The van der Waals surface area contributed by atoms with Crippen molar-refractivity contribution in [3.63, 3.8) is 0 Å². The maximum atomic E-state index is 11.8. The largest absolute Gasteiger partial charge is 0.364 e. The standard InChI is InChI=1S/C19H25NO2/c21-19(14-13-17-9-5-4-6-10-17)20-15-16-22-18-11-7-2-1-3-8-12-18/h4-6,9-10,18H,1-3,7,11,13-16H2,(H,20,21). The van der Waals surface area contributed by atoms with Crippen molar-refractivity contribution in [1.82, 2.24) is 5.32 Å². The van der Waals surface area contributed by atoms with Gasteiger partial charge in [0, 0.05) is 19.4 Å². The number of nitrogens with one attached hydrogen (secondary N) is 1. The lowest BCUT2D eigenvalue weighted by molar-refractivity contribution is -0.121. The Morgan fingerprint density at radius 1 is 1.23 bits per heavy atom. The van der Waals surface area contributed by atoms with Gasteiger partial charge in [-0.1, -0.05) is 42.7 Å². The number of amides is 1. The summed E-state index contributed by atoms with van der Waals surface area (Å²) in [7, 11) is 0. The first-order valence-corrected chi connectivity index (χ1v) is 8.25. The Labute approximate surface area is 133 Å². The number of carbonyl (C=O) groups is 1. The third-order valence-electron chi connectivity index (χ3n) is 3.76. The SMILES string of the molecule is O=C(CCc1ccccc1)NCCOC1C#CCCCCC1. The van der Waals surface area contributed by atoms with Crippen molar-refractivity contribution < 1.29 is 9.53 Å². The molecule has 1 aliphatic rings. The second-order valence-electron chi connectivity index (χ2n) is 5.62. The van der Waals surface area contributed by atoms with Crippen LogP contribution in [-0.4, -0.2) is 25.2 Å². The fourth-order valence-electron chi connectivity index (χ4n) is 2.49. The smallest absolute Gasteiger partial charge is 0.220 e. The summed E-state index contributed by atoms with van der Waals surface area (Å²) in [6.07, 6.45) is 6.96. The van der Waals surface area contributed by atoms with Crippen LogP contribution in [0.1, 0.15) is 44.1 Å². The molecule has 0 bridgehead atoms. The van der Waals surface area contributed by atoms with Crippen LogP contribution in [0.15, 0.2) is 30.3 Å². The van der Waals surface area contributed by atoms with Gasteiger partial charge in [0.25, 0.3) is 0 Å². The lowest BCUT2D eigenvalue weighted by Crippen LogP contribution is -2.28. The second-order valence-corrected chi connectivity index (χ2v) is 5.62. The molecule has 118 valence electrons. The van der Waals surface area contributed by atoms with Gasteiger partial charge < -0.3 is 10.1 Å². The minimum absolute atomic E-state index is 0.0431. The lowest BCUT2D eigenvalue weighted by atomic mass is 10.1. The zero-order valence-electron chi connectivity index (χ0n) is 13.1. The fraction of sp³-hybridized carbons (Fsp3) is 0.526. The Morgan fingerprint density at radius 3 is 2.95 bits per heavy atom. The Morgan fingerprint density at radius 2 is 2.09 bits per heavy atom. The van der Waals surface area contributed by atoms with Crippen LogP contribution in [0.5, 0.6) is 0 Å². The van der Waals surface area contributed by atoms with Crippen molar-refractivity contribution in [2.75, 3.05) is 13.2 Å². The summed E-state index contributed by atoms with van der Waals surface area (Å²) in [6.45, 7) is 1.10. The number of carbonyl (C=O) groups excluding carboxylic acids is 1. The van der Waals surface area contributed by atoms with E-state index in [9.17, 15) is 4.79 Å². The average molecular weight is 299 g/mol. The summed E-state index contributed by atoms with van der Waals surface area (Å²) >= 11 is 0. The molecule has 1 N–H and O–H groups in total. The van der Waals surface area contributed by atoms with E-state index in [4.69, 9.17) is 4.74 Å². The van der Waals surface area contributed by atoms with Gasteiger partial charge in [-0.05, 0) is 31.2 Å². The summed E-state index contributed by atoms with van der Waals surface area (Å²) in [5, 5.41) is 2.91. The van der Waals surface area contributed by atoms with E-state index in [0.717, 1.165) is 19.3 Å². The number of ether oxygens (including phenoxy) is 1. The molecule has 2 rings (SSSR count). The first kappa shape index (κ1) is 16.6. The Bertz CT molecular complexity index is 501. The summed E-state index contributed by atoms with van der Waals surface area (Å²) in [6, 6.07) is 10.1. The van der Waals surface area contributed by atoms with Crippen LogP contribution >= 0.6 is 0 Å². The van der Waals surface area contributed by atoms with Crippen molar-refractivity contribution in [3.8, 4) is 11.8 Å². The van der Waals surface area contributed by atoms with E-state index in [1.165, 1.54) is 24.8 Å². The molecule has 1 aliphatic carbocycles. The summed E-state index contributed by atoms with van der Waals surface area (Å²) < 4.78 is 5.74. The highest BCUT2D eigenvalue weighted by Crippen LogP contribution is 2.10. The topological polar surface area (TPSA) is 38.3 Å². The zero-order chi connectivity index (χ0) is 15.5. The molecule has 0 saturated heterocycles. The van der Waals surface area contributed by atoms with Gasteiger partial charge in [-0.15, -0.1) is 5.92 Å². The third-order valence-corrected chi connectivity index (χ3v) is 3.76. The summed E-state index contributed by atoms with van der Waals surface area (Å²) in [5.74, 6) is 6.41. The predicted octanol–water partition coefficient (Wildman–Crippen LogP) is 3.09. The quantitative estimate of drug-likeness (QED) is 0.620. The van der Waals surface area contributed by atoms with Gasteiger partial charge in [-0.3, -0.25) is 4.79 Å². The average Bonchev–Trinajstić information content (AvgIpc) is 2.52. The fourth-order valence-corrected chi connectivity index (χ4v) is 2.49. The molecule has 22 heavy (non-hydrogen) atoms. The van der Waals surface area contributed by atoms with E-state index in [0.29, 0.717) is 19.6 Å². The van der Waals surface area contributed by atoms with Gasteiger partial charge in [0.05, 0.1) is 6.61 Å². The van der Waals surface area contributed by atoms with Crippen molar-refractivity contribution in [2.24, 2.45) is 0 Å². The molecule has 0 fully saturated rings. The predicted molar refractivity (Wildman–Crippen MR) is 88.4 cm³/mol. The van der Waals surface area contributed by atoms with Crippen molar-refractivity contribution in [1.29, 1.82) is 0 Å². The molecule has 0 heterocycles. The van der Waals surface area contributed by atoms with E-state index in [1.807, 2.05) is 30.3 Å². The number of benzene rings is 1. The Kier molecular flexibility index (Phi) is 7.55. The molecule has 1 aromatic carbocycles. The second kappa shape index (κ2) is 10.0. The molecule has 1 aromatic rings. The molecular weight excluding hydrogens is 274 g/mol. The highest BCUT2D eigenvalue weighted by molar-refractivity contribution is 5.76. The minimum Gasteiger partial charge on any atom is -0.364 e. The molecule has 0 saturated carbocycles. The molecular formula is C19H25NO2. The normalized spacial score (nSPS) is 17.7. The third kappa shape index (κ3) is 6.78. The van der Waals surface area contributed by atoms with Gasteiger partial charge in [-0.2, -0.15) is 0 Å². The van der Waals surface area contributed by atoms with Crippen molar-refractivity contribution >= 4 is 5.91 Å². The highest BCUT2D eigenvalue weighted by atomic mass is 16.5. The molecule has 1 amide bonds. The molecule has 0 aromatic heterocycles. The van der Waals surface area contributed by atoms with Crippen molar-refractivity contribution in [2.45, 2.75) is 51.0 Å². The van der Waals surface area contributed by atoms with Crippen LogP contribution in [0.4, 0.5) is 0 Å². The monoisotopic (exact) mass is 299 g/mol. The van der Waals surface area contributed by atoms with E-state index in [2.05, 4.69) is 17.2 Å². The maximum absolute atomic E-state index is 11.8. The Balaban J connectivity index is 1.56. The van der Waals surface area contributed by atoms with Crippen LogP contribution in [0.2, 0.25) is 0 Å². The highest BCUT2D eigenvalue weighted by Gasteiger charge is 2.07. The van der Waals surface area contributed by atoms with Crippen LogP contribution in [0, 0.1) is 11.8 Å². The molecule has 0 spiro atoms. The van der Waals surface area contributed by atoms with Gasteiger partial charge in [0.15, 0.2) is 0 Å². The molecule has 0 aliphatic heterocycles. The lowest BCUT2D eigenvalue weighted by Gasteiger charge is -2.14. The molecule has 1 atom stereocenters. The first-order chi connectivity index (χ1) is 10.8. The van der Waals surface area contributed by atoms with Gasteiger partial charge in [0.1, 0.15) is 6.10 Å². The molecule has 0 radical (unpaired) electrons. The minimum atomic E-state index is 0.0431. The van der Waals surface area contributed by atoms with Crippen LogP contribution < -0.4 is 5.32 Å². The number of rotatable bonds is 7. The summed E-state index contributed by atoms with van der Waals surface area (Å²) in [5.41, 5.74) is 1.19. The Hall–Kier alpha value is -1.79. The number of hydrogen-bond acceptors (Lipinski definition) is 2. The van der Waals surface area contributed by atoms with Gasteiger partial charge >= 0.3 is 0 Å². The molecule has 3 nitrogen and oxygen atoms in total. The zero-order valence-corrected chi connectivity index (χ0v) is 13.1.